The van der Waals surface area contributed by atoms with E-state index in [0.29, 0.717) is 29.0 Å². The molecule has 19 heavy (non-hydrogen) atoms. The van der Waals surface area contributed by atoms with Gasteiger partial charge in [-0.25, -0.2) is 9.78 Å². The van der Waals surface area contributed by atoms with Crippen LogP contribution in [0.1, 0.15) is 22.3 Å². The van der Waals surface area contributed by atoms with Gasteiger partial charge < -0.3 is 14.6 Å². The van der Waals surface area contributed by atoms with Crippen LogP contribution in [0.3, 0.4) is 0 Å². The van der Waals surface area contributed by atoms with Crippen molar-refractivity contribution in [2.75, 3.05) is 6.61 Å². The summed E-state index contributed by atoms with van der Waals surface area (Å²) in [7, 11) is 0. The van der Waals surface area contributed by atoms with E-state index in [4.69, 9.17) is 14.6 Å². The standard InChI is InChI=1S/C13H13NO4S/c1-3-17-9-6-4-5-7-10(9)18-13-14-8(2)11(19-13)12(15)16/h4-7H,3H2,1-2H3,(H,15,16). The summed E-state index contributed by atoms with van der Waals surface area (Å²) in [5.41, 5.74) is 0.446. The Kier molecular flexibility index (Phi) is 4.01. The molecule has 0 saturated carbocycles. The largest absolute Gasteiger partial charge is 0.490 e. The SMILES string of the molecule is CCOc1ccccc1Oc1nc(C)c(C(=O)O)s1. The molecule has 1 aromatic carbocycles. The molecule has 6 heteroatoms. The number of para-hydroxylation sites is 2. The summed E-state index contributed by atoms with van der Waals surface area (Å²) in [5.74, 6) is 0.132. The molecule has 0 aliphatic heterocycles. The lowest BCUT2D eigenvalue weighted by Gasteiger charge is -2.08. The van der Waals surface area contributed by atoms with Gasteiger partial charge in [-0.3, -0.25) is 0 Å². The summed E-state index contributed by atoms with van der Waals surface area (Å²) in [6, 6.07) is 7.20. The number of carbonyl (C=O) groups is 1. The molecule has 2 aromatic rings. The maximum atomic E-state index is 10.9. The maximum Gasteiger partial charge on any atom is 0.347 e. The molecule has 100 valence electrons. The average molecular weight is 279 g/mol. The number of aryl methyl sites for hydroxylation is 1. The quantitative estimate of drug-likeness (QED) is 0.909. The number of aromatic nitrogens is 1. The number of hydrogen-bond acceptors (Lipinski definition) is 5. The van der Waals surface area contributed by atoms with Crippen molar-refractivity contribution in [1.82, 2.24) is 4.98 Å². The fourth-order valence-electron chi connectivity index (χ4n) is 1.52. The molecular formula is C13H13NO4S. The summed E-state index contributed by atoms with van der Waals surface area (Å²) < 4.78 is 11.0. The molecule has 0 atom stereocenters. The van der Waals surface area contributed by atoms with Gasteiger partial charge in [-0.15, -0.1) is 0 Å². The van der Waals surface area contributed by atoms with Crippen molar-refractivity contribution < 1.29 is 19.4 Å². The van der Waals surface area contributed by atoms with Crippen molar-refractivity contribution in [2.24, 2.45) is 0 Å². The van der Waals surface area contributed by atoms with Crippen LogP contribution >= 0.6 is 11.3 Å². The molecule has 0 saturated heterocycles. The van der Waals surface area contributed by atoms with Crippen LogP contribution in [0.15, 0.2) is 24.3 Å². The Hall–Kier alpha value is -2.08. The second-order valence-electron chi connectivity index (χ2n) is 3.68. The Morgan fingerprint density at radius 2 is 2.05 bits per heavy atom. The lowest BCUT2D eigenvalue weighted by atomic mass is 10.3. The molecule has 0 aliphatic rings. The van der Waals surface area contributed by atoms with Gasteiger partial charge in [-0.1, -0.05) is 23.5 Å². The molecule has 0 amide bonds. The van der Waals surface area contributed by atoms with Crippen LogP contribution in [0.4, 0.5) is 0 Å². The Morgan fingerprint density at radius 3 is 2.63 bits per heavy atom. The Bertz CT molecular complexity index is 594. The van der Waals surface area contributed by atoms with Gasteiger partial charge in [0.05, 0.1) is 12.3 Å². The van der Waals surface area contributed by atoms with E-state index in [0.717, 1.165) is 11.3 Å². The smallest absolute Gasteiger partial charge is 0.347 e. The van der Waals surface area contributed by atoms with Crippen molar-refractivity contribution in [3.05, 3.63) is 34.8 Å². The zero-order valence-electron chi connectivity index (χ0n) is 10.5. The van der Waals surface area contributed by atoms with Gasteiger partial charge in [-0.05, 0) is 26.0 Å². The van der Waals surface area contributed by atoms with Crippen LogP contribution in [0.25, 0.3) is 0 Å². The van der Waals surface area contributed by atoms with E-state index in [1.807, 2.05) is 19.1 Å². The second-order valence-corrected chi connectivity index (χ2v) is 4.64. The van der Waals surface area contributed by atoms with E-state index >= 15 is 0 Å². The first-order chi connectivity index (χ1) is 9.11. The first-order valence-electron chi connectivity index (χ1n) is 5.72. The van der Waals surface area contributed by atoms with E-state index in [1.165, 1.54) is 0 Å². The van der Waals surface area contributed by atoms with E-state index in [1.54, 1.807) is 19.1 Å². The number of ether oxygens (including phenoxy) is 2. The number of carboxylic acid groups (broad SMARTS) is 1. The van der Waals surface area contributed by atoms with Gasteiger partial charge in [-0.2, -0.15) is 0 Å². The predicted octanol–water partition coefficient (Wildman–Crippen LogP) is 3.34. The molecule has 0 radical (unpaired) electrons. The number of hydrogen-bond donors (Lipinski definition) is 1. The summed E-state index contributed by atoms with van der Waals surface area (Å²) in [5, 5.41) is 9.27. The third-order valence-corrected chi connectivity index (χ3v) is 3.34. The topological polar surface area (TPSA) is 68.7 Å². The first-order valence-corrected chi connectivity index (χ1v) is 6.54. The molecule has 1 heterocycles. The molecule has 0 fully saturated rings. The molecule has 0 bridgehead atoms. The Labute approximate surface area is 114 Å². The van der Waals surface area contributed by atoms with E-state index in [-0.39, 0.29) is 4.88 Å². The number of nitrogens with zero attached hydrogens (tertiary/aromatic N) is 1. The molecule has 0 unspecified atom stereocenters. The lowest BCUT2D eigenvalue weighted by Crippen LogP contribution is -1.94. The van der Waals surface area contributed by atoms with Crippen molar-refractivity contribution in [3.8, 4) is 16.7 Å². The van der Waals surface area contributed by atoms with Crippen LogP contribution in [0.2, 0.25) is 0 Å². The van der Waals surface area contributed by atoms with Crippen LogP contribution in [0, 0.1) is 6.92 Å². The number of thiazole rings is 1. The molecule has 5 nitrogen and oxygen atoms in total. The fourth-order valence-corrected chi connectivity index (χ4v) is 2.29. The van der Waals surface area contributed by atoms with Gasteiger partial charge in [0.1, 0.15) is 4.88 Å². The van der Waals surface area contributed by atoms with Crippen molar-refractivity contribution >= 4 is 17.3 Å². The lowest BCUT2D eigenvalue weighted by molar-refractivity contribution is 0.0701. The minimum Gasteiger partial charge on any atom is -0.490 e. The summed E-state index contributed by atoms with van der Waals surface area (Å²) in [4.78, 5) is 15.2. The zero-order chi connectivity index (χ0) is 13.8. The van der Waals surface area contributed by atoms with Gasteiger partial charge >= 0.3 is 5.97 Å². The number of rotatable bonds is 5. The summed E-state index contributed by atoms with van der Waals surface area (Å²) in [6.45, 7) is 4.05. The van der Waals surface area contributed by atoms with E-state index in [9.17, 15) is 4.79 Å². The summed E-state index contributed by atoms with van der Waals surface area (Å²) >= 11 is 1.00. The van der Waals surface area contributed by atoms with Gasteiger partial charge in [0, 0.05) is 0 Å². The summed E-state index contributed by atoms with van der Waals surface area (Å²) in [6.07, 6.45) is 0. The molecule has 1 N–H and O–H groups in total. The fraction of sp³-hybridized carbons (Fsp3) is 0.231. The number of carboxylic acids is 1. The van der Waals surface area contributed by atoms with Crippen molar-refractivity contribution in [2.45, 2.75) is 13.8 Å². The first kappa shape index (κ1) is 13.4. The number of benzene rings is 1. The number of aromatic carboxylic acids is 1. The third-order valence-electron chi connectivity index (χ3n) is 2.32. The average Bonchev–Trinajstić information content (AvgIpc) is 2.73. The zero-order valence-corrected chi connectivity index (χ0v) is 11.4. The second kappa shape index (κ2) is 5.71. The van der Waals surface area contributed by atoms with Crippen molar-refractivity contribution in [1.29, 1.82) is 0 Å². The maximum absolute atomic E-state index is 10.9. The normalized spacial score (nSPS) is 10.2. The molecule has 2 rings (SSSR count). The highest BCUT2D eigenvalue weighted by atomic mass is 32.1. The highest BCUT2D eigenvalue weighted by Crippen LogP contribution is 2.34. The van der Waals surface area contributed by atoms with Gasteiger partial charge in [0.15, 0.2) is 11.5 Å². The van der Waals surface area contributed by atoms with Crippen LogP contribution in [-0.2, 0) is 0 Å². The van der Waals surface area contributed by atoms with Gasteiger partial charge in [0.25, 0.3) is 5.19 Å². The minimum atomic E-state index is -0.997. The Morgan fingerprint density at radius 1 is 1.37 bits per heavy atom. The molecular weight excluding hydrogens is 266 g/mol. The highest BCUT2D eigenvalue weighted by Gasteiger charge is 2.16. The van der Waals surface area contributed by atoms with E-state index < -0.39 is 5.97 Å². The minimum absolute atomic E-state index is 0.184. The molecule has 0 aliphatic carbocycles. The molecule has 0 spiro atoms. The van der Waals surface area contributed by atoms with Crippen molar-refractivity contribution in [3.63, 3.8) is 0 Å². The van der Waals surface area contributed by atoms with Crippen LogP contribution in [0.5, 0.6) is 16.7 Å². The monoisotopic (exact) mass is 279 g/mol. The Balaban J connectivity index is 2.26. The third kappa shape index (κ3) is 3.03. The van der Waals surface area contributed by atoms with Gasteiger partial charge in [0.2, 0.25) is 0 Å². The predicted molar refractivity (Wildman–Crippen MR) is 71.5 cm³/mol. The van der Waals surface area contributed by atoms with Crippen LogP contribution < -0.4 is 9.47 Å². The van der Waals surface area contributed by atoms with E-state index in [2.05, 4.69) is 4.98 Å². The van der Waals surface area contributed by atoms with Crippen LogP contribution in [-0.4, -0.2) is 22.7 Å². The highest BCUT2D eigenvalue weighted by molar-refractivity contribution is 7.15. The molecule has 1 aromatic heterocycles.